The first-order valence-corrected chi connectivity index (χ1v) is 13.6. The third kappa shape index (κ3) is 4.52. The van der Waals surface area contributed by atoms with E-state index in [2.05, 4.69) is 6.92 Å². The molecule has 0 aromatic heterocycles. The maximum Gasteiger partial charge on any atom is 0.220 e. The van der Waals surface area contributed by atoms with Crippen LogP contribution in [0, 0.1) is 11.8 Å². The number of aromatic hydroxyl groups is 1. The number of amides is 1. The van der Waals surface area contributed by atoms with E-state index in [4.69, 9.17) is 5.73 Å². The number of aliphatic hydroxyl groups is 3. The second kappa shape index (κ2) is 10.2. The van der Waals surface area contributed by atoms with E-state index in [1.54, 1.807) is 19.0 Å². The van der Waals surface area contributed by atoms with Gasteiger partial charge in [-0.25, -0.2) is 0 Å². The number of aryl methyl sites for hydroxylation is 1. The molecular weight excluding hydrogens is 502 g/mol. The van der Waals surface area contributed by atoms with Crippen LogP contribution in [0.3, 0.4) is 0 Å². The molecule has 5 atom stereocenters. The summed E-state index contributed by atoms with van der Waals surface area (Å²) in [5.41, 5.74) is 3.24. The minimum atomic E-state index is -2.42. The Bertz CT molecular complexity index is 1240. The molecule has 4 rings (SSSR count). The van der Waals surface area contributed by atoms with Gasteiger partial charge in [-0.1, -0.05) is 19.8 Å². The van der Waals surface area contributed by atoms with Gasteiger partial charge in [0, 0.05) is 43.7 Å². The largest absolute Gasteiger partial charge is 0.508 e. The molecule has 3 aliphatic carbocycles. The van der Waals surface area contributed by atoms with Crippen LogP contribution in [0.5, 0.6) is 5.75 Å². The molecule has 39 heavy (non-hydrogen) atoms. The van der Waals surface area contributed by atoms with Crippen molar-refractivity contribution in [3.63, 3.8) is 0 Å². The van der Waals surface area contributed by atoms with Crippen molar-refractivity contribution in [3.05, 3.63) is 34.1 Å². The molecule has 0 spiro atoms. The number of unbranched alkanes of at least 4 members (excludes halogenated alkanes) is 2. The predicted octanol–water partition coefficient (Wildman–Crippen LogP) is 1.62. The Morgan fingerprint density at radius 2 is 1.79 bits per heavy atom. The zero-order chi connectivity index (χ0) is 29.0. The van der Waals surface area contributed by atoms with Crippen molar-refractivity contribution in [1.82, 2.24) is 4.90 Å². The molecule has 1 unspecified atom stereocenters. The van der Waals surface area contributed by atoms with E-state index in [0.717, 1.165) is 24.9 Å². The topological polar surface area (TPSA) is 165 Å². The van der Waals surface area contributed by atoms with Crippen LogP contribution in [-0.2, 0) is 22.4 Å². The lowest BCUT2D eigenvalue weighted by atomic mass is 9.55. The lowest BCUT2D eigenvalue weighted by molar-refractivity contribution is -0.185. The number of phenolic OH excluding ortho intramolecular Hbond substituents is 1. The van der Waals surface area contributed by atoms with Gasteiger partial charge in [-0.3, -0.25) is 14.4 Å². The van der Waals surface area contributed by atoms with Gasteiger partial charge in [0.2, 0.25) is 5.91 Å². The Balaban J connectivity index is 1.88. The highest BCUT2D eigenvalue weighted by Gasteiger charge is 2.66. The van der Waals surface area contributed by atoms with Crippen molar-refractivity contribution >= 4 is 23.2 Å². The second-order valence-corrected chi connectivity index (χ2v) is 12.0. The van der Waals surface area contributed by atoms with E-state index in [9.17, 15) is 34.8 Å². The van der Waals surface area contributed by atoms with Crippen molar-refractivity contribution < 1.29 is 34.8 Å². The van der Waals surface area contributed by atoms with Gasteiger partial charge in [-0.05, 0) is 62.9 Å². The van der Waals surface area contributed by atoms with Crippen molar-refractivity contribution in [2.75, 3.05) is 33.1 Å². The van der Waals surface area contributed by atoms with E-state index in [-0.39, 0.29) is 29.7 Å². The molecule has 0 bridgehead atoms. The Morgan fingerprint density at radius 1 is 1.13 bits per heavy atom. The van der Waals surface area contributed by atoms with Gasteiger partial charge in [0.25, 0.3) is 0 Å². The first-order valence-electron chi connectivity index (χ1n) is 13.6. The lowest BCUT2D eigenvalue weighted by Gasteiger charge is -2.56. The summed E-state index contributed by atoms with van der Waals surface area (Å²) in [6.07, 6.45) is 2.69. The zero-order valence-corrected chi connectivity index (χ0v) is 23.5. The van der Waals surface area contributed by atoms with Crippen LogP contribution < -0.4 is 10.6 Å². The Labute approximate surface area is 229 Å². The van der Waals surface area contributed by atoms with Crippen molar-refractivity contribution in [2.45, 2.75) is 75.5 Å². The van der Waals surface area contributed by atoms with E-state index < -0.39 is 65.2 Å². The van der Waals surface area contributed by atoms with Gasteiger partial charge < -0.3 is 36.0 Å². The highest BCUT2D eigenvalue weighted by Crippen LogP contribution is 2.54. The number of benzene rings is 1. The monoisotopic (exact) mass is 543 g/mol. The summed E-state index contributed by atoms with van der Waals surface area (Å²) >= 11 is 0. The number of aliphatic hydroxyl groups excluding tert-OH is 1. The second-order valence-electron chi connectivity index (χ2n) is 12.0. The van der Waals surface area contributed by atoms with E-state index in [1.807, 2.05) is 25.1 Å². The third-order valence-corrected chi connectivity index (χ3v) is 8.88. The summed E-state index contributed by atoms with van der Waals surface area (Å²) in [5, 5.41) is 46.0. The van der Waals surface area contributed by atoms with Gasteiger partial charge in [-0.15, -0.1) is 0 Å². The summed E-state index contributed by atoms with van der Waals surface area (Å²) in [4.78, 5) is 42.8. The summed E-state index contributed by atoms with van der Waals surface area (Å²) < 4.78 is 0. The minimum Gasteiger partial charge on any atom is -0.508 e. The van der Waals surface area contributed by atoms with Crippen LogP contribution in [0.25, 0.3) is 0 Å². The molecule has 10 heteroatoms. The number of primary amides is 1. The number of hydrogen-bond acceptors (Lipinski definition) is 9. The molecule has 0 aliphatic heterocycles. The number of anilines is 1. The molecular formula is C29H41N3O7. The molecule has 1 saturated carbocycles. The van der Waals surface area contributed by atoms with Gasteiger partial charge >= 0.3 is 0 Å². The maximum absolute atomic E-state index is 14.0. The standard InChI is InChI=1S/C29H41N3O7/c1-6-7-8-9-15-12-19(31(2)3)17-10-16-11-18-26(32(4)5)28(38,14-21(30)34)13-20(33)29(18,39)27(37)22(16)25(36)23(17)24(15)35/h12,16,18,26,35,37-39H,6-11,13-14H2,1-5H3,(H2,30,34)/t16-,18-,26-,28?,29+/m0/s1. The number of ketones is 2. The number of fused-ring (bicyclic) bond motifs is 3. The Morgan fingerprint density at radius 3 is 2.36 bits per heavy atom. The smallest absolute Gasteiger partial charge is 0.220 e. The van der Waals surface area contributed by atoms with E-state index >= 15 is 0 Å². The van der Waals surface area contributed by atoms with E-state index in [1.165, 1.54) is 0 Å². The molecule has 0 heterocycles. The highest BCUT2D eigenvalue weighted by atomic mass is 16.4. The maximum atomic E-state index is 14.0. The number of carbonyl (C=O) groups is 3. The minimum absolute atomic E-state index is 0.0711. The quantitative estimate of drug-likeness (QED) is 0.306. The molecule has 1 aromatic carbocycles. The van der Waals surface area contributed by atoms with Gasteiger partial charge in [0.15, 0.2) is 17.2 Å². The first-order chi connectivity index (χ1) is 18.2. The summed E-state index contributed by atoms with van der Waals surface area (Å²) in [6.45, 7) is 2.08. The van der Waals surface area contributed by atoms with Crippen LogP contribution in [-0.4, -0.2) is 88.2 Å². The number of allylic oxidation sites excluding steroid dienone is 1. The summed E-state index contributed by atoms with van der Waals surface area (Å²) in [7, 11) is 7.04. The normalized spacial score (nSPS) is 30.2. The SMILES string of the molecule is CCCCCc1cc(N(C)C)c2c(c1O)C(=O)C1=C(O)[C@]3(O)C(=O)CC(O)(CC(N)=O)[C@@H](N(C)C)[C@@H]3C[C@@H]1C2. The van der Waals surface area contributed by atoms with E-state index in [0.29, 0.717) is 17.5 Å². The Kier molecular flexibility index (Phi) is 7.61. The first kappa shape index (κ1) is 29.0. The molecule has 3 aliphatic rings. The summed E-state index contributed by atoms with van der Waals surface area (Å²) in [5.74, 6) is -4.70. The molecule has 1 fully saturated rings. The Hall–Kier alpha value is -2.95. The number of likely N-dealkylation sites (N-methyl/N-ethyl adjacent to an activating group) is 1. The number of Topliss-reactive ketones (excluding diaryl/α,β-unsaturated/α-hetero) is 2. The zero-order valence-electron chi connectivity index (χ0n) is 23.5. The van der Waals surface area contributed by atoms with Gasteiger partial charge in [0.05, 0.1) is 17.6 Å². The third-order valence-electron chi connectivity index (χ3n) is 8.88. The molecule has 214 valence electrons. The fraction of sp³-hybridized carbons (Fsp3) is 0.621. The van der Waals surface area contributed by atoms with Crippen molar-refractivity contribution in [2.24, 2.45) is 17.6 Å². The molecule has 6 N–H and O–H groups in total. The number of carbonyl (C=O) groups excluding carboxylic acids is 3. The lowest BCUT2D eigenvalue weighted by Crippen LogP contribution is -2.71. The average Bonchev–Trinajstić information content (AvgIpc) is 2.81. The fourth-order valence-corrected chi connectivity index (χ4v) is 7.28. The van der Waals surface area contributed by atoms with Crippen molar-refractivity contribution in [3.8, 4) is 5.75 Å². The number of hydrogen-bond donors (Lipinski definition) is 5. The predicted molar refractivity (Wildman–Crippen MR) is 146 cm³/mol. The molecule has 0 saturated heterocycles. The summed E-state index contributed by atoms with van der Waals surface area (Å²) in [6, 6.07) is 0.999. The van der Waals surface area contributed by atoms with Crippen LogP contribution in [0.2, 0.25) is 0 Å². The number of phenols is 1. The highest BCUT2D eigenvalue weighted by molar-refractivity contribution is 6.15. The number of nitrogens with zero attached hydrogens (tertiary/aromatic N) is 2. The van der Waals surface area contributed by atoms with Crippen LogP contribution in [0.15, 0.2) is 17.4 Å². The number of nitrogens with two attached hydrogens (primary N) is 1. The molecule has 0 radical (unpaired) electrons. The van der Waals surface area contributed by atoms with Crippen LogP contribution >= 0.6 is 0 Å². The molecule has 1 amide bonds. The van der Waals surface area contributed by atoms with Crippen molar-refractivity contribution in [1.29, 1.82) is 0 Å². The fourth-order valence-electron chi connectivity index (χ4n) is 7.28. The number of rotatable bonds is 8. The van der Waals surface area contributed by atoms with Gasteiger partial charge in [-0.2, -0.15) is 0 Å². The molecule has 10 nitrogen and oxygen atoms in total. The van der Waals surface area contributed by atoms with Crippen LogP contribution in [0.1, 0.15) is 66.9 Å². The van der Waals surface area contributed by atoms with Crippen LogP contribution in [0.4, 0.5) is 5.69 Å². The average molecular weight is 544 g/mol. The van der Waals surface area contributed by atoms with Gasteiger partial charge in [0.1, 0.15) is 11.5 Å². The molecule has 1 aromatic rings.